The van der Waals surface area contributed by atoms with Crippen molar-refractivity contribution in [2.24, 2.45) is 0 Å². The predicted molar refractivity (Wildman–Crippen MR) is 106 cm³/mol. The summed E-state index contributed by atoms with van der Waals surface area (Å²) in [6.45, 7) is 3.43. The molecule has 3 rings (SSSR count). The first-order valence-corrected chi connectivity index (χ1v) is 10.4. The molecule has 27 heavy (non-hydrogen) atoms. The number of anilines is 1. The number of nitrogens with one attached hydrogen (secondary N) is 1. The smallest absolute Gasteiger partial charge is 0.242 e. The number of amides is 1. The first-order valence-electron chi connectivity index (χ1n) is 8.93. The highest BCUT2D eigenvalue weighted by atomic mass is 32.2. The Balaban J connectivity index is 1.71. The van der Waals surface area contributed by atoms with Crippen molar-refractivity contribution < 1.29 is 13.2 Å². The second kappa shape index (κ2) is 7.80. The summed E-state index contributed by atoms with van der Waals surface area (Å²) in [5.74, 6) is -0.145. The highest BCUT2D eigenvalue weighted by molar-refractivity contribution is 7.89. The van der Waals surface area contributed by atoms with E-state index in [0.29, 0.717) is 5.69 Å². The number of fused-ring (bicyclic) bond motifs is 1. The number of hydrogen-bond donors (Lipinski definition) is 1. The van der Waals surface area contributed by atoms with E-state index >= 15 is 0 Å². The molecule has 0 fully saturated rings. The lowest BCUT2D eigenvalue weighted by Gasteiger charge is -2.32. The average Bonchev–Trinajstić information content (AvgIpc) is 2.67. The zero-order valence-corrected chi connectivity index (χ0v) is 16.7. The van der Waals surface area contributed by atoms with Crippen LogP contribution in [0.25, 0.3) is 0 Å². The van der Waals surface area contributed by atoms with Gasteiger partial charge >= 0.3 is 0 Å². The van der Waals surface area contributed by atoms with Crippen molar-refractivity contribution in [3.8, 4) is 0 Å². The summed E-state index contributed by atoms with van der Waals surface area (Å²) in [6, 6.07) is 14.3. The minimum atomic E-state index is -3.54. The van der Waals surface area contributed by atoms with Crippen molar-refractivity contribution in [3.63, 3.8) is 0 Å². The van der Waals surface area contributed by atoms with Crippen LogP contribution in [-0.4, -0.2) is 50.2 Å². The van der Waals surface area contributed by atoms with Gasteiger partial charge in [0, 0.05) is 32.9 Å². The summed E-state index contributed by atoms with van der Waals surface area (Å²) < 4.78 is 25.7. The van der Waals surface area contributed by atoms with Gasteiger partial charge in [-0.1, -0.05) is 30.3 Å². The van der Waals surface area contributed by atoms with Gasteiger partial charge in [0.05, 0.1) is 10.9 Å². The van der Waals surface area contributed by atoms with Crippen LogP contribution in [0.1, 0.15) is 18.1 Å². The monoisotopic (exact) mass is 387 g/mol. The number of carbonyl (C=O) groups excluding carboxylic acids is 1. The molecule has 1 N–H and O–H groups in total. The van der Waals surface area contributed by atoms with Crippen LogP contribution in [0, 0.1) is 0 Å². The molecule has 0 unspecified atom stereocenters. The fourth-order valence-electron chi connectivity index (χ4n) is 3.21. The van der Waals surface area contributed by atoms with Gasteiger partial charge in [0.1, 0.15) is 0 Å². The SMILES string of the molecule is C[C@@H](C(=O)Nc1cccc(S(=O)(=O)N(C)C)c1)N1CCc2ccccc2C1. The molecule has 144 valence electrons. The van der Waals surface area contributed by atoms with E-state index < -0.39 is 10.0 Å². The van der Waals surface area contributed by atoms with Crippen LogP contribution in [0.15, 0.2) is 53.4 Å². The van der Waals surface area contributed by atoms with Gasteiger partial charge in [-0.15, -0.1) is 0 Å². The fourth-order valence-corrected chi connectivity index (χ4v) is 4.15. The molecule has 2 aromatic rings. The van der Waals surface area contributed by atoms with E-state index in [2.05, 4.69) is 22.3 Å². The van der Waals surface area contributed by atoms with Crippen molar-refractivity contribution in [2.75, 3.05) is 26.0 Å². The van der Waals surface area contributed by atoms with Crippen molar-refractivity contribution in [2.45, 2.75) is 30.8 Å². The van der Waals surface area contributed by atoms with Gasteiger partial charge in [0.15, 0.2) is 0 Å². The van der Waals surface area contributed by atoms with Crippen LogP contribution < -0.4 is 5.32 Å². The number of nitrogens with zero attached hydrogens (tertiary/aromatic N) is 2. The molecule has 1 atom stereocenters. The Labute approximate surface area is 160 Å². The molecule has 1 aliphatic heterocycles. The molecule has 0 aliphatic carbocycles. The zero-order chi connectivity index (χ0) is 19.6. The molecule has 0 saturated heterocycles. The fraction of sp³-hybridized carbons (Fsp3) is 0.350. The van der Waals surface area contributed by atoms with Crippen LogP contribution in [0.2, 0.25) is 0 Å². The maximum absolute atomic E-state index is 12.7. The van der Waals surface area contributed by atoms with E-state index in [1.165, 1.54) is 37.4 Å². The lowest BCUT2D eigenvalue weighted by molar-refractivity contribution is -0.121. The van der Waals surface area contributed by atoms with Gasteiger partial charge < -0.3 is 5.32 Å². The molecular formula is C20H25N3O3S. The normalized spacial score (nSPS) is 16.0. The Bertz CT molecular complexity index is 941. The summed E-state index contributed by atoms with van der Waals surface area (Å²) >= 11 is 0. The maximum Gasteiger partial charge on any atom is 0.242 e. The van der Waals surface area contributed by atoms with E-state index in [0.717, 1.165) is 23.8 Å². The van der Waals surface area contributed by atoms with Crippen LogP contribution in [0.5, 0.6) is 0 Å². The van der Waals surface area contributed by atoms with E-state index in [9.17, 15) is 13.2 Å². The van der Waals surface area contributed by atoms with Gasteiger partial charge in [-0.05, 0) is 42.7 Å². The second-order valence-electron chi connectivity index (χ2n) is 6.97. The van der Waals surface area contributed by atoms with E-state index in [1.54, 1.807) is 12.1 Å². The Kier molecular flexibility index (Phi) is 5.64. The standard InChI is InChI=1S/C20H25N3O3S/c1-15(23-12-11-16-7-4-5-8-17(16)14-23)20(24)21-18-9-6-10-19(13-18)27(25,26)22(2)3/h4-10,13,15H,11-12,14H2,1-3H3,(H,21,24)/t15-/m0/s1. The molecule has 1 amide bonds. The number of hydrogen-bond acceptors (Lipinski definition) is 4. The number of sulfonamides is 1. The molecule has 0 spiro atoms. The van der Waals surface area contributed by atoms with E-state index in [4.69, 9.17) is 0 Å². The lowest BCUT2D eigenvalue weighted by Crippen LogP contribution is -2.44. The molecule has 7 heteroatoms. The minimum Gasteiger partial charge on any atom is -0.325 e. The molecule has 1 aliphatic rings. The van der Waals surface area contributed by atoms with Crippen LogP contribution in [0.3, 0.4) is 0 Å². The topological polar surface area (TPSA) is 69.7 Å². The average molecular weight is 388 g/mol. The van der Waals surface area contributed by atoms with Crippen molar-refractivity contribution in [1.82, 2.24) is 9.21 Å². The van der Waals surface area contributed by atoms with Crippen molar-refractivity contribution in [1.29, 1.82) is 0 Å². The third-order valence-corrected chi connectivity index (χ3v) is 6.78. The summed E-state index contributed by atoms with van der Waals surface area (Å²) in [5.41, 5.74) is 3.07. The molecular weight excluding hydrogens is 362 g/mol. The largest absolute Gasteiger partial charge is 0.325 e. The van der Waals surface area contributed by atoms with Gasteiger partial charge in [0.2, 0.25) is 15.9 Å². The summed E-state index contributed by atoms with van der Waals surface area (Å²) in [5, 5.41) is 2.85. The van der Waals surface area contributed by atoms with Crippen molar-refractivity contribution >= 4 is 21.6 Å². The predicted octanol–water partition coefficient (Wildman–Crippen LogP) is 2.32. The first kappa shape index (κ1) is 19.5. The van der Waals surface area contributed by atoms with E-state index in [1.807, 2.05) is 19.1 Å². The Morgan fingerprint density at radius 2 is 1.81 bits per heavy atom. The van der Waals surface area contributed by atoms with Gasteiger partial charge in [-0.25, -0.2) is 12.7 Å². The van der Waals surface area contributed by atoms with Gasteiger partial charge in [0.25, 0.3) is 0 Å². The van der Waals surface area contributed by atoms with E-state index in [-0.39, 0.29) is 16.8 Å². The first-order chi connectivity index (χ1) is 12.8. The zero-order valence-electron chi connectivity index (χ0n) is 15.8. The van der Waals surface area contributed by atoms with Gasteiger partial charge in [-0.2, -0.15) is 0 Å². The van der Waals surface area contributed by atoms with Gasteiger partial charge in [-0.3, -0.25) is 9.69 Å². The highest BCUT2D eigenvalue weighted by Gasteiger charge is 2.25. The summed E-state index contributed by atoms with van der Waals surface area (Å²) in [4.78, 5) is 15.0. The maximum atomic E-state index is 12.7. The molecule has 2 aromatic carbocycles. The number of rotatable bonds is 5. The molecule has 0 radical (unpaired) electrons. The van der Waals surface area contributed by atoms with Crippen LogP contribution in [-0.2, 0) is 27.8 Å². The summed E-state index contributed by atoms with van der Waals surface area (Å²) in [7, 11) is -0.572. The minimum absolute atomic E-state index is 0.145. The molecule has 6 nitrogen and oxygen atoms in total. The quantitative estimate of drug-likeness (QED) is 0.855. The molecule has 1 heterocycles. The third kappa shape index (κ3) is 4.21. The molecule has 0 bridgehead atoms. The third-order valence-electron chi connectivity index (χ3n) is 4.97. The molecule has 0 saturated carbocycles. The number of carbonyl (C=O) groups is 1. The second-order valence-corrected chi connectivity index (χ2v) is 9.12. The Morgan fingerprint density at radius 1 is 1.11 bits per heavy atom. The molecule has 0 aromatic heterocycles. The lowest BCUT2D eigenvalue weighted by atomic mass is 9.99. The Morgan fingerprint density at radius 3 is 2.52 bits per heavy atom. The van der Waals surface area contributed by atoms with Crippen LogP contribution in [0.4, 0.5) is 5.69 Å². The van der Waals surface area contributed by atoms with Crippen molar-refractivity contribution in [3.05, 3.63) is 59.7 Å². The Hall–Kier alpha value is -2.22. The highest BCUT2D eigenvalue weighted by Crippen LogP contribution is 2.22. The number of benzene rings is 2. The van der Waals surface area contributed by atoms with Crippen LogP contribution >= 0.6 is 0 Å². The summed E-state index contributed by atoms with van der Waals surface area (Å²) in [6.07, 6.45) is 0.921.